The highest BCUT2D eigenvalue weighted by atomic mass is 19.1. The Bertz CT molecular complexity index is 572. The van der Waals surface area contributed by atoms with E-state index in [-0.39, 0.29) is 11.3 Å². The van der Waals surface area contributed by atoms with Gasteiger partial charge in [0.05, 0.1) is 13.2 Å². The topological polar surface area (TPSA) is 62.1 Å². The van der Waals surface area contributed by atoms with Gasteiger partial charge in [-0.05, 0) is 49.8 Å². The van der Waals surface area contributed by atoms with E-state index in [1.54, 1.807) is 0 Å². The minimum absolute atomic E-state index is 0.0908. The molecule has 0 heterocycles. The van der Waals surface area contributed by atoms with Crippen LogP contribution in [0, 0.1) is 23.1 Å². The van der Waals surface area contributed by atoms with Crippen molar-refractivity contribution in [2.24, 2.45) is 5.92 Å². The van der Waals surface area contributed by atoms with Crippen molar-refractivity contribution in [3.05, 3.63) is 29.6 Å². The van der Waals surface area contributed by atoms with Crippen LogP contribution in [0.3, 0.4) is 0 Å². The maximum Gasteiger partial charge on any atom is 0.252 e. The summed E-state index contributed by atoms with van der Waals surface area (Å²) in [5, 5.41) is 12.2. The molecule has 1 aliphatic carbocycles. The normalized spacial score (nSPS) is 25.0. The van der Waals surface area contributed by atoms with Crippen LogP contribution in [0.1, 0.15) is 43.0 Å². The summed E-state index contributed by atoms with van der Waals surface area (Å²) in [6.45, 7) is 2.14. The predicted octanol–water partition coefficient (Wildman–Crippen LogP) is 3.04. The fourth-order valence-electron chi connectivity index (χ4n) is 2.62. The number of rotatable bonds is 3. The van der Waals surface area contributed by atoms with Crippen LogP contribution in [0.15, 0.2) is 18.2 Å². The number of nitrogens with one attached hydrogen (secondary N) is 1. The van der Waals surface area contributed by atoms with E-state index in [0.29, 0.717) is 18.8 Å². The molecule has 112 valence electrons. The number of ether oxygens (including phenoxy) is 1. The Morgan fingerprint density at radius 2 is 2.14 bits per heavy atom. The van der Waals surface area contributed by atoms with Gasteiger partial charge in [-0.2, -0.15) is 5.26 Å². The number of halogens is 1. The minimum Gasteiger partial charge on any atom is -0.494 e. The quantitative estimate of drug-likeness (QED) is 0.930. The summed E-state index contributed by atoms with van der Waals surface area (Å²) < 4.78 is 18.5. The lowest BCUT2D eigenvalue weighted by Crippen LogP contribution is -2.49. The minimum atomic E-state index is -0.833. The number of amides is 1. The van der Waals surface area contributed by atoms with Gasteiger partial charge in [0.1, 0.15) is 5.54 Å². The van der Waals surface area contributed by atoms with Crippen LogP contribution in [0.25, 0.3) is 0 Å². The summed E-state index contributed by atoms with van der Waals surface area (Å²) in [6.07, 6.45) is 3.08. The number of benzene rings is 1. The SMILES string of the molecule is COc1ccc(C(=O)NC2(C#N)CCC(C)CC2)cc1F. The molecule has 4 nitrogen and oxygen atoms in total. The Balaban J connectivity index is 2.13. The highest BCUT2D eigenvalue weighted by Crippen LogP contribution is 2.31. The van der Waals surface area contributed by atoms with Crippen LogP contribution in [0.2, 0.25) is 0 Å². The average Bonchev–Trinajstić information content (AvgIpc) is 2.49. The van der Waals surface area contributed by atoms with Gasteiger partial charge in [-0.3, -0.25) is 4.79 Å². The first-order valence-electron chi connectivity index (χ1n) is 7.07. The maximum absolute atomic E-state index is 13.6. The van der Waals surface area contributed by atoms with E-state index >= 15 is 0 Å². The smallest absolute Gasteiger partial charge is 0.252 e. The van der Waals surface area contributed by atoms with Gasteiger partial charge in [-0.15, -0.1) is 0 Å². The van der Waals surface area contributed by atoms with Gasteiger partial charge in [0.25, 0.3) is 5.91 Å². The standard InChI is InChI=1S/C16H19FN2O2/c1-11-5-7-16(10-18,8-6-11)19-15(20)12-3-4-14(21-2)13(17)9-12/h3-4,9,11H,5-8H2,1-2H3,(H,19,20). The molecule has 0 aromatic heterocycles. The van der Waals surface area contributed by atoms with Crippen molar-refractivity contribution < 1.29 is 13.9 Å². The number of carbonyl (C=O) groups excluding carboxylic acids is 1. The number of hydrogen-bond donors (Lipinski definition) is 1. The lowest BCUT2D eigenvalue weighted by molar-refractivity contribution is 0.0893. The molecule has 1 N–H and O–H groups in total. The molecule has 1 aliphatic rings. The van der Waals surface area contributed by atoms with Crippen LogP contribution >= 0.6 is 0 Å². The molecule has 1 amide bonds. The number of carbonyl (C=O) groups is 1. The van der Waals surface area contributed by atoms with Crippen molar-refractivity contribution in [3.8, 4) is 11.8 Å². The lowest BCUT2D eigenvalue weighted by Gasteiger charge is -2.34. The summed E-state index contributed by atoms with van der Waals surface area (Å²) in [6, 6.07) is 6.26. The highest BCUT2D eigenvalue weighted by molar-refractivity contribution is 5.95. The Labute approximate surface area is 123 Å². The monoisotopic (exact) mass is 290 g/mol. The molecule has 1 aromatic rings. The van der Waals surface area contributed by atoms with Gasteiger partial charge >= 0.3 is 0 Å². The summed E-state index contributed by atoms with van der Waals surface area (Å²) in [4.78, 5) is 12.2. The Kier molecular flexibility index (Phi) is 4.46. The maximum atomic E-state index is 13.6. The Morgan fingerprint density at radius 1 is 1.48 bits per heavy atom. The van der Waals surface area contributed by atoms with Crippen molar-refractivity contribution in [3.63, 3.8) is 0 Å². The summed E-state index contributed by atoms with van der Waals surface area (Å²) in [5.74, 6) is -0.351. The molecule has 1 fully saturated rings. The first kappa shape index (κ1) is 15.3. The molecule has 0 spiro atoms. The molecule has 1 saturated carbocycles. The van der Waals surface area contributed by atoms with Gasteiger partial charge < -0.3 is 10.1 Å². The van der Waals surface area contributed by atoms with Crippen molar-refractivity contribution in [2.45, 2.75) is 38.1 Å². The van der Waals surface area contributed by atoms with E-state index in [2.05, 4.69) is 18.3 Å². The largest absolute Gasteiger partial charge is 0.494 e. The zero-order chi connectivity index (χ0) is 15.5. The van der Waals surface area contributed by atoms with Crippen molar-refractivity contribution in [2.75, 3.05) is 7.11 Å². The van der Waals surface area contributed by atoms with E-state index in [1.165, 1.54) is 19.2 Å². The van der Waals surface area contributed by atoms with Gasteiger partial charge in [0.15, 0.2) is 11.6 Å². The highest BCUT2D eigenvalue weighted by Gasteiger charge is 2.36. The fraction of sp³-hybridized carbons (Fsp3) is 0.500. The van der Waals surface area contributed by atoms with Gasteiger partial charge in [0.2, 0.25) is 0 Å². The van der Waals surface area contributed by atoms with Crippen LogP contribution in [-0.2, 0) is 0 Å². The van der Waals surface area contributed by atoms with Gasteiger partial charge in [0, 0.05) is 5.56 Å². The average molecular weight is 290 g/mol. The lowest BCUT2D eigenvalue weighted by atomic mass is 9.78. The molecule has 0 radical (unpaired) electrons. The van der Waals surface area contributed by atoms with E-state index < -0.39 is 17.3 Å². The van der Waals surface area contributed by atoms with Crippen molar-refractivity contribution in [1.29, 1.82) is 5.26 Å². The molecular weight excluding hydrogens is 271 g/mol. The summed E-state index contributed by atoms with van der Waals surface area (Å²) in [5.41, 5.74) is -0.637. The molecule has 5 heteroatoms. The molecule has 21 heavy (non-hydrogen) atoms. The van der Waals surface area contributed by atoms with E-state index in [4.69, 9.17) is 4.74 Å². The molecule has 1 aromatic carbocycles. The second-order valence-electron chi connectivity index (χ2n) is 5.68. The van der Waals surface area contributed by atoms with Crippen LogP contribution in [0.5, 0.6) is 5.75 Å². The van der Waals surface area contributed by atoms with E-state index in [0.717, 1.165) is 18.9 Å². The third-order valence-electron chi connectivity index (χ3n) is 4.11. The molecule has 0 bridgehead atoms. The van der Waals surface area contributed by atoms with Crippen molar-refractivity contribution in [1.82, 2.24) is 5.32 Å². The Morgan fingerprint density at radius 3 is 2.67 bits per heavy atom. The number of methoxy groups -OCH3 is 1. The zero-order valence-electron chi connectivity index (χ0n) is 12.3. The van der Waals surface area contributed by atoms with Crippen LogP contribution in [-0.4, -0.2) is 18.6 Å². The molecule has 2 rings (SSSR count). The number of hydrogen-bond acceptors (Lipinski definition) is 3. The third-order valence-corrected chi connectivity index (χ3v) is 4.11. The second kappa shape index (κ2) is 6.13. The predicted molar refractivity (Wildman–Crippen MR) is 76.4 cm³/mol. The van der Waals surface area contributed by atoms with Gasteiger partial charge in [-0.25, -0.2) is 4.39 Å². The second-order valence-corrected chi connectivity index (χ2v) is 5.68. The Hall–Kier alpha value is -2.09. The fourth-order valence-corrected chi connectivity index (χ4v) is 2.62. The summed E-state index contributed by atoms with van der Waals surface area (Å²) >= 11 is 0. The molecule has 0 aliphatic heterocycles. The van der Waals surface area contributed by atoms with Gasteiger partial charge in [-0.1, -0.05) is 6.92 Å². The van der Waals surface area contributed by atoms with Crippen molar-refractivity contribution >= 4 is 5.91 Å². The third kappa shape index (κ3) is 3.33. The van der Waals surface area contributed by atoms with Crippen LogP contribution < -0.4 is 10.1 Å². The summed E-state index contributed by atoms with van der Waals surface area (Å²) in [7, 11) is 1.37. The van der Waals surface area contributed by atoms with Crippen LogP contribution in [0.4, 0.5) is 4.39 Å². The first-order valence-corrected chi connectivity index (χ1v) is 7.07. The van der Waals surface area contributed by atoms with E-state index in [1.807, 2.05) is 0 Å². The zero-order valence-corrected chi connectivity index (χ0v) is 12.3. The molecule has 0 saturated heterocycles. The molecular formula is C16H19FN2O2. The van der Waals surface area contributed by atoms with E-state index in [9.17, 15) is 14.4 Å². The number of nitrogens with zero attached hydrogens (tertiary/aromatic N) is 1. The molecule has 0 atom stereocenters. The number of nitriles is 1. The first-order chi connectivity index (χ1) is 9.99. The molecule has 0 unspecified atom stereocenters.